The molecule has 176 valence electrons. The summed E-state index contributed by atoms with van der Waals surface area (Å²) in [6.45, 7) is 7.51. The Kier molecular flexibility index (Phi) is 6.40. The lowest BCUT2D eigenvalue weighted by molar-refractivity contribution is 0.116. The zero-order chi connectivity index (χ0) is 23.7. The van der Waals surface area contributed by atoms with Crippen molar-refractivity contribution in [3.05, 3.63) is 90.5 Å². The monoisotopic (exact) mass is 492 g/mol. The maximum absolute atomic E-state index is 13.4. The fourth-order valence-corrected chi connectivity index (χ4v) is 6.61. The molecule has 0 spiro atoms. The molecule has 3 aromatic carbocycles. The van der Waals surface area contributed by atoms with Crippen molar-refractivity contribution in [1.82, 2.24) is 19.8 Å². The summed E-state index contributed by atoms with van der Waals surface area (Å²) in [5.74, 6) is 0. The van der Waals surface area contributed by atoms with Crippen LogP contribution in [0.25, 0.3) is 10.8 Å². The van der Waals surface area contributed by atoms with E-state index in [0.29, 0.717) is 6.54 Å². The molecule has 2 aliphatic rings. The van der Waals surface area contributed by atoms with Gasteiger partial charge in [-0.15, -0.1) is 6.58 Å². The predicted octanol–water partition coefficient (Wildman–Crippen LogP) is 3.59. The Morgan fingerprint density at radius 3 is 2.32 bits per heavy atom. The van der Waals surface area contributed by atoms with E-state index in [1.54, 1.807) is 30.3 Å². The van der Waals surface area contributed by atoms with Gasteiger partial charge in [0, 0.05) is 32.7 Å². The average molecular weight is 493 g/mol. The molecule has 1 fully saturated rings. The van der Waals surface area contributed by atoms with E-state index in [1.165, 1.54) is 5.56 Å². The van der Waals surface area contributed by atoms with Gasteiger partial charge < -0.3 is 10.2 Å². The first-order valence-electron chi connectivity index (χ1n) is 11.5. The third kappa shape index (κ3) is 4.22. The van der Waals surface area contributed by atoms with Crippen molar-refractivity contribution in [2.24, 2.45) is 0 Å². The molecule has 0 saturated carbocycles. The lowest BCUT2D eigenvalue weighted by atomic mass is 10.0. The molecular formula is C26H28N4O2S2. The minimum absolute atomic E-state index is 0.0866. The van der Waals surface area contributed by atoms with Crippen molar-refractivity contribution in [2.45, 2.75) is 17.0 Å². The number of rotatable bonds is 6. The van der Waals surface area contributed by atoms with Gasteiger partial charge in [-0.3, -0.25) is 4.90 Å². The van der Waals surface area contributed by atoms with Gasteiger partial charge in [0.15, 0.2) is 5.11 Å². The van der Waals surface area contributed by atoms with Gasteiger partial charge in [0.05, 0.1) is 17.0 Å². The van der Waals surface area contributed by atoms with Crippen LogP contribution in [0.3, 0.4) is 0 Å². The number of benzene rings is 3. The summed E-state index contributed by atoms with van der Waals surface area (Å²) in [6, 6.07) is 20.6. The summed E-state index contributed by atoms with van der Waals surface area (Å²) in [7, 11) is -3.69. The Morgan fingerprint density at radius 2 is 1.65 bits per heavy atom. The second-order valence-electron chi connectivity index (χ2n) is 8.65. The third-order valence-electron chi connectivity index (χ3n) is 6.67. The van der Waals surface area contributed by atoms with Crippen LogP contribution in [0.2, 0.25) is 0 Å². The predicted molar refractivity (Wildman–Crippen MR) is 140 cm³/mol. The van der Waals surface area contributed by atoms with E-state index in [9.17, 15) is 8.42 Å². The van der Waals surface area contributed by atoms with Crippen LogP contribution in [0.15, 0.2) is 84.3 Å². The van der Waals surface area contributed by atoms with Gasteiger partial charge in [-0.2, -0.15) is 0 Å². The van der Waals surface area contributed by atoms with Crippen LogP contribution < -0.4 is 10.0 Å². The molecule has 5 rings (SSSR count). The highest BCUT2D eigenvalue weighted by molar-refractivity contribution is 7.89. The largest absolute Gasteiger partial charge is 0.359 e. The van der Waals surface area contributed by atoms with Crippen molar-refractivity contribution < 1.29 is 8.42 Å². The molecule has 0 radical (unpaired) electrons. The molecule has 0 aromatic heterocycles. The van der Waals surface area contributed by atoms with Gasteiger partial charge in [0.2, 0.25) is 10.0 Å². The van der Waals surface area contributed by atoms with E-state index in [0.717, 1.165) is 47.6 Å². The van der Waals surface area contributed by atoms with Gasteiger partial charge in [0.1, 0.15) is 0 Å². The van der Waals surface area contributed by atoms with Gasteiger partial charge in [-0.1, -0.05) is 60.7 Å². The van der Waals surface area contributed by atoms with Crippen LogP contribution in [-0.4, -0.2) is 56.1 Å². The molecule has 1 aliphatic heterocycles. The minimum Gasteiger partial charge on any atom is -0.359 e. The normalized spacial score (nSPS) is 20.4. The first-order valence-corrected chi connectivity index (χ1v) is 13.4. The summed E-state index contributed by atoms with van der Waals surface area (Å²) < 4.78 is 29.8. The maximum Gasteiger partial charge on any atom is 0.241 e. The molecule has 1 saturated heterocycles. The van der Waals surface area contributed by atoms with E-state index in [4.69, 9.17) is 12.2 Å². The van der Waals surface area contributed by atoms with Gasteiger partial charge in [0.25, 0.3) is 0 Å². The number of hydrogen-bond acceptors (Lipinski definition) is 4. The Bertz CT molecular complexity index is 1310. The topological polar surface area (TPSA) is 64.7 Å². The number of thiocarbonyl (C=S) groups is 1. The molecule has 34 heavy (non-hydrogen) atoms. The van der Waals surface area contributed by atoms with E-state index in [2.05, 4.69) is 56.7 Å². The smallest absolute Gasteiger partial charge is 0.241 e. The number of piperazine rings is 1. The van der Waals surface area contributed by atoms with E-state index in [-0.39, 0.29) is 17.0 Å². The number of sulfonamides is 1. The highest BCUT2D eigenvalue weighted by atomic mass is 32.2. The Hall–Kier alpha value is -2.78. The Morgan fingerprint density at radius 1 is 0.971 bits per heavy atom. The molecule has 0 amide bonds. The summed E-state index contributed by atoms with van der Waals surface area (Å²) in [6.07, 6.45) is 1.79. The van der Waals surface area contributed by atoms with Crippen LogP contribution >= 0.6 is 12.2 Å². The molecule has 1 heterocycles. The summed E-state index contributed by atoms with van der Waals surface area (Å²) in [4.78, 5) is 4.83. The van der Waals surface area contributed by atoms with Crippen molar-refractivity contribution in [3.63, 3.8) is 0 Å². The molecule has 2 N–H and O–H groups in total. The zero-order valence-corrected chi connectivity index (χ0v) is 20.5. The van der Waals surface area contributed by atoms with Crippen LogP contribution in [0.5, 0.6) is 0 Å². The highest BCUT2D eigenvalue weighted by Crippen LogP contribution is 2.47. The minimum atomic E-state index is -3.69. The third-order valence-corrected chi connectivity index (χ3v) is 8.53. The van der Waals surface area contributed by atoms with Crippen LogP contribution in [0.1, 0.15) is 23.2 Å². The fourth-order valence-electron chi connectivity index (χ4n) is 5.10. The van der Waals surface area contributed by atoms with Gasteiger partial charge >= 0.3 is 0 Å². The molecule has 8 heteroatoms. The van der Waals surface area contributed by atoms with Crippen LogP contribution in [0.4, 0.5) is 0 Å². The molecule has 1 aliphatic carbocycles. The first-order chi connectivity index (χ1) is 16.5. The number of hydrogen-bond donors (Lipinski definition) is 2. The second kappa shape index (κ2) is 9.46. The molecule has 6 nitrogen and oxygen atoms in total. The van der Waals surface area contributed by atoms with Crippen molar-refractivity contribution in [1.29, 1.82) is 0 Å². The van der Waals surface area contributed by atoms with Crippen molar-refractivity contribution in [3.8, 4) is 0 Å². The lowest BCUT2D eigenvalue weighted by Gasteiger charge is -2.41. The van der Waals surface area contributed by atoms with E-state index < -0.39 is 10.0 Å². The first kappa shape index (κ1) is 23.0. The number of nitrogens with zero attached hydrogens (tertiary/aromatic N) is 2. The second-order valence-corrected chi connectivity index (χ2v) is 10.7. The van der Waals surface area contributed by atoms with Crippen LogP contribution in [-0.2, 0) is 10.0 Å². The Balaban J connectivity index is 1.46. The summed E-state index contributed by atoms with van der Waals surface area (Å²) in [5, 5.41) is 6.23. The molecule has 0 bridgehead atoms. The van der Waals surface area contributed by atoms with Gasteiger partial charge in [-0.05, 0) is 46.2 Å². The Labute approximate surface area is 206 Å². The summed E-state index contributed by atoms with van der Waals surface area (Å²) >= 11 is 5.53. The highest BCUT2D eigenvalue weighted by Gasteiger charge is 2.41. The van der Waals surface area contributed by atoms with Crippen LogP contribution in [0, 0.1) is 0 Å². The van der Waals surface area contributed by atoms with Crippen molar-refractivity contribution >= 4 is 38.1 Å². The van der Waals surface area contributed by atoms with Crippen molar-refractivity contribution in [2.75, 3.05) is 32.7 Å². The fraction of sp³-hybridized carbons (Fsp3) is 0.269. The van der Waals surface area contributed by atoms with E-state index in [1.807, 2.05) is 12.1 Å². The molecule has 2 atom stereocenters. The SMILES string of the molecule is C=CCNC(=S)N1CCN([C@@H]2c3cccc4cccc(c34)[C@H]2NS(=O)(=O)c2ccccc2)CC1. The molecule has 0 unspecified atom stereocenters. The zero-order valence-electron chi connectivity index (χ0n) is 18.9. The van der Waals surface area contributed by atoms with E-state index >= 15 is 0 Å². The quantitative estimate of drug-likeness (QED) is 0.405. The average Bonchev–Trinajstić information content (AvgIpc) is 3.17. The molecule has 3 aromatic rings. The molecular weight excluding hydrogens is 464 g/mol. The summed E-state index contributed by atoms with van der Waals surface area (Å²) in [5.41, 5.74) is 2.21. The van der Waals surface area contributed by atoms with Gasteiger partial charge in [-0.25, -0.2) is 13.1 Å². The maximum atomic E-state index is 13.4. The standard InChI is InChI=1S/C26H28N4O2S2/c1-2-14-27-26(33)30-17-15-29(16-18-30)25-22-13-7-9-19-8-6-12-21(23(19)22)24(25)28-34(31,32)20-10-4-3-5-11-20/h2-13,24-25,28H,1,14-18H2,(H,27,33)/t24-,25-/m1/s1. The lowest BCUT2D eigenvalue weighted by Crippen LogP contribution is -2.53. The number of nitrogens with one attached hydrogen (secondary N) is 2.